The number of hydrogen-bond donors (Lipinski definition) is 1. The van der Waals surface area contributed by atoms with E-state index in [0.29, 0.717) is 11.1 Å². The maximum atomic E-state index is 5.98. The van der Waals surface area contributed by atoms with Crippen molar-refractivity contribution in [1.82, 2.24) is 4.98 Å². The van der Waals surface area contributed by atoms with Gasteiger partial charge >= 0.3 is 0 Å². The standard InChI is InChI=1S/C11H17ClN2/c1-4-8(2)7-14-10-9(3)5-6-13-11(10)12/h5-6,8,14H,4,7H2,1-3H3. The number of pyridine rings is 1. The molecule has 0 aliphatic carbocycles. The summed E-state index contributed by atoms with van der Waals surface area (Å²) >= 11 is 5.98. The van der Waals surface area contributed by atoms with E-state index < -0.39 is 0 Å². The van der Waals surface area contributed by atoms with Crippen molar-refractivity contribution in [1.29, 1.82) is 0 Å². The highest BCUT2D eigenvalue weighted by atomic mass is 35.5. The molecule has 0 bridgehead atoms. The Hall–Kier alpha value is -0.760. The van der Waals surface area contributed by atoms with E-state index in [1.54, 1.807) is 6.20 Å². The summed E-state index contributed by atoms with van der Waals surface area (Å²) in [6, 6.07) is 1.96. The molecule has 0 saturated heterocycles. The van der Waals surface area contributed by atoms with Crippen LogP contribution in [0.2, 0.25) is 5.15 Å². The molecule has 0 aliphatic rings. The number of halogens is 1. The van der Waals surface area contributed by atoms with E-state index in [4.69, 9.17) is 11.6 Å². The first kappa shape index (κ1) is 11.3. The maximum Gasteiger partial charge on any atom is 0.152 e. The SMILES string of the molecule is CCC(C)CNc1c(C)ccnc1Cl. The predicted molar refractivity (Wildman–Crippen MR) is 61.9 cm³/mol. The molecule has 14 heavy (non-hydrogen) atoms. The van der Waals surface area contributed by atoms with Crippen LogP contribution in [0.4, 0.5) is 5.69 Å². The number of rotatable bonds is 4. The highest BCUT2D eigenvalue weighted by molar-refractivity contribution is 6.32. The zero-order chi connectivity index (χ0) is 10.6. The average Bonchev–Trinajstić information content (AvgIpc) is 2.16. The topological polar surface area (TPSA) is 24.9 Å². The van der Waals surface area contributed by atoms with Gasteiger partial charge in [-0.3, -0.25) is 0 Å². The first-order valence-corrected chi connectivity index (χ1v) is 5.38. The highest BCUT2D eigenvalue weighted by Gasteiger charge is 2.05. The molecule has 3 heteroatoms. The van der Waals surface area contributed by atoms with Crippen LogP contribution in [-0.2, 0) is 0 Å². The van der Waals surface area contributed by atoms with Gasteiger partial charge in [-0.25, -0.2) is 4.98 Å². The molecule has 0 saturated carbocycles. The van der Waals surface area contributed by atoms with E-state index in [-0.39, 0.29) is 0 Å². The molecule has 0 aromatic carbocycles. The summed E-state index contributed by atoms with van der Waals surface area (Å²) < 4.78 is 0. The lowest BCUT2D eigenvalue weighted by atomic mass is 10.1. The number of nitrogens with one attached hydrogen (secondary N) is 1. The molecular weight excluding hydrogens is 196 g/mol. The summed E-state index contributed by atoms with van der Waals surface area (Å²) in [6.45, 7) is 7.38. The van der Waals surface area contributed by atoms with Gasteiger partial charge in [0.15, 0.2) is 5.15 Å². The van der Waals surface area contributed by atoms with Crippen molar-refractivity contribution in [3.05, 3.63) is 23.0 Å². The van der Waals surface area contributed by atoms with Crippen LogP contribution in [-0.4, -0.2) is 11.5 Å². The second-order valence-electron chi connectivity index (χ2n) is 3.69. The summed E-state index contributed by atoms with van der Waals surface area (Å²) in [5.74, 6) is 0.658. The minimum absolute atomic E-state index is 0.563. The van der Waals surface area contributed by atoms with Crippen LogP contribution in [0.25, 0.3) is 0 Å². The lowest BCUT2D eigenvalue weighted by Crippen LogP contribution is -2.11. The summed E-state index contributed by atoms with van der Waals surface area (Å²) in [6.07, 6.45) is 2.90. The van der Waals surface area contributed by atoms with Crippen molar-refractivity contribution >= 4 is 17.3 Å². The van der Waals surface area contributed by atoms with Gasteiger partial charge in [0, 0.05) is 12.7 Å². The van der Waals surface area contributed by atoms with Crippen LogP contribution in [0, 0.1) is 12.8 Å². The van der Waals surface area contributed by atoms with Crippen molar-refractivity contribution in [3.8, 4) is 0 Å². The van der Waals surface area contributed by atoms with Crippen LogP contribution < -0.4 is 5.32 Å². The van der Waals surface area contributed by atoms with Gasteiger partial charge in [0.1, 0.15) is 0 Å². The van der Waals surface area contributed by atoms with E-state index in [9.17, 15) is 0 Å². The quantitative estimate of drug-likeness (QED) is 0.773. The molecule has 0 fully saturated rings. The van der Waals surface area contributed by atoms with Crippen LogP contribution in [0.1, 0.15) is 25.8 Å². The van der Waals surface area contributed by atoms with Gasteiger partial charge in [0.05, 0.1) is 5.69 Å². The number of nitrogens with zero attached hydrogens (tertiary/aromatic N) is 1. The summed E-state index contributed by atoms with van der Waals surface area (Å²) in [7, 11) is 0. The third-order valence-corrected chi connectivity index (χ3v) is 2.72. The van der Waals surface area contributed by atoms with E-state index >= 15 is 0 Å². The van der Waals surface area contributed by atoms with Crippen molar-refractivity contribution in [3.63, 3.8) is 0 Å². The number of anilines is 1. The Balaban J connectivity index is 2.66. The summed E-state index contributed by atoms with van der Waals surface area (Å²) in [4.78, 5) is 4.05. The predicted octanol–water partition coefficient (Wildman–Crippen LogP) is 3.50. The Morgan fingerprint density at radius 1 is 1.57 bits per heavy atom. The molecule has 0 aliphatic heterocycles. The van der Waals surface area contributed by atoms with E-state index in [1.165, 1.54) is 6.42 Å². The molecule has 78 valence electrons. The van der Waals surface area contributed by atoms with Gasteiger partial charge in [0.2, 0.25) is 0 Å². The monoisotopic (exact) mass is 212 g/mol. The fraction of sp³-hybridized carbons (Fsp3) is 0.545. The Morgan fingerprint density at radius 2 is 2.29 bits per heavy atom. The minimum Gasteiger partial charge on any atom is -0.382 e. The number of aryl methyl sites for hydroxylation is 1. The van der Waals surface area contributed by atoms with Gasteiger partial charge in [-0.1, -0.05) is 31.9 Å². The van der Waals surface area contributed by atoms with Gasteiger partial charge < -0.3 is 5.32 Å². The molecule has 2 nitrogen and oxygen atoms in total. The van der Waals surface area contributed by atoms with Gasteiger partial charge in [-0.05, 0) is 24.5 Å². The molecule has 1 aromatic heterocycles. The summed E-state index contributed by atoms with van der Waals surface area (Å²) in [5.41, 5.74) is 2.11. The van der Waals surface area contributed by atoms with Crippen molar-refractivity contribution in [2.75, 3.05) is 11.9 Å². The zero-order valence-corrected chi connectivity index (χ0v) is 9.73. The Morgan fingerprint density at radius 3 is 2.86 bits per heavy atom. The Bertz CT molecular complexity index is 279. The maximum absolute atomic E-state index is 5.98. The Labute approximate surface area is 90.7 Å². The minimum atomic E-state index is 0.563. The lowest BCUT2D eigenvalue weighted by Gasteiger charge is -2.13. The van der Waals surface area contributed by atoms with Crippen molar-refractivity contribution in [2.45, 2.75) is 27.2 Å². The molecule has 1 N–H and O–H groups in total. The van der Waals surface area contributed by atoms with Crippen LogP contribution in [0.5, 0.6) is 0 Å². The molecule has 1 heterocycles. The first-order valence-electron chi connectivity index (χ1n) is 5.00. The molecule has 0 radical (unpaired) electrons. The number of hydrogen-bond acceptors (Lipinski definition) is 2. The van der Waals surface area contributed by atoms with Crippen molar-refractivity contribution in [2.24, 2.45) is 5.92 Å². The molecule has 0 amide bonds. The third-order valence-electron chi connectivity index (χ3n) is 2.44. The fourth-order valence-electron chi connectivity index (χ4n) is 1.16. The fourth-order valence-corrected chi connectivity index (χ4v) is 1.43. The largest absolute Gasteiger partial charge is 0.382 e. The van der Waals surface area contributed by atoms with E-state index in [2.05, 4.69) is 24.1 Å². The second-order valence-corrected chi connectivity index (χ2v) is 4.05. The van der Waals surface area contributed by atoms with Crippen LogP contribution in [0.3, 0.4) is 0 Å². The van der Waals surface area contributed by atoms with E-state index in [0.717, 1.165) is 17.8 Å². The average molecular weight is 213 g/mol. The molecule has 1 rings (SSSR count). The zero-order valence-electron chi connectivity index (χ0n) is 8.97. The van der Waals surface area contributed by atoms with Gasteiger partial charge in [-0.15, -0.1) is 0 Å². The Kier molecular flexibility index (Phi) is 4.21. The number of aromatic nitrogens is 1. The second kappa shape index (κ2) is 5.20. The molecule has 0 spiro atoms. The molecular formula is C11H17ClN2. The molecule has 1 atom stereocenters. The summed E-state index contributed by atoms with van der Waals surface area (Å²) in [5, 5.41) is 3.90. The van der Waals surface area contributed by atoms with Gasteiger partial charge in [0.25, 0.3) is 0 Å². The smallest absolute Gasteiger partial charge is 0.152 e. The van der Waals surface area contributed by atoms with E-state index in [1.807, 2.05) is 13.0 Å². The highest BCUT2D eigenvalue weighted by Crippen LogP contribution is 2.22. The van der Waals surface area contributed by atoms with Crippen LogP contribution in [0.15, 0.2) is 12.3 Å². The third kappa shape index (κ3) is 2.88. The lowest BCUT2D eigenvalue weighted by molar-refractivity contribution is 0.593. The van der Waals surface area contributed by atoms with Crippen LogP contribution >= 0.6 is 11.6 Å². The molecule has 1 aromatic rings. The van der Waals surface area contributed by atoms with Crippen molar-refractivity contribution < 1.29 is 0 Å². The normalized spacial score (nSPS) is 12.6. The van der Waals surface area contributed by atoms with Gasteiger partial charge in [-0.2, -0.15) is 0 Å². The molecule has 1 unspecified atom stereocenters. The first-order chi connectivity index (χ1) is 6.65.